The van der Waals surface area contributed by atoms with Crippen molar-refractivity contribution in [3.8, 4) is 0 Å². The number of hydrogen-bond acceptors (Lipinski definition) is 4. The second-order valence-electron chi connectivity index (χ2n) is 5.89. The Balaban J connectivity index is 1.68. The summed E-state index contributed by atoms with van der Waals surface area (Å²) >= 11 is 1.59. The Morgan fingerprint density at radius 2 is 2.21 bits per heavy atom. The minimum Gasteiger partial charge on any atom is -0.324 e. The van der Waals surface area contributed by atoms with Gasteiger partial charge in [0.15, 0.2) is 0 Å². The average Bonchev–Trinajstić information content (AvgIpc) is 3.20. The van der Waals surface area contributed by atoms with Crippen LogP contribution in [0.3, 0.4) is 0 Å². The number of nitrogens with zero attached hydrogens (tertiary/aromatic N) is 3. The molecule has 0 saturated carbocycles. The van der Waals surface area contributed by atoms with Crippen LogP contribution < -0.4 is 5.32 Å². The summed E-state index contributed by atoms with van der Waals surface area (Å²) in [5, 5.41) is 7.00. The first-order valence-corrected chi connectivity index (χ1v) is 8.93. The predicted octanol–water partition coefficient (Wildman–Crippen LogP) is 2.04. The van der Waals surface area contributed by atoms with Gasteiger partial charge < -0.3 is 10.2 Å². The number of benzene rings is 1. The van der Waals surface area contributed by atoms with Gasteiger partial charge in [0.2, 0.25) is 11.8 Å². The molecule has 0 radical (unpaired) electrons. The van der Waals surface area contributed by atoms with Crippen LogP contribution in [-0.2, 0) is 16.1 Å². The monoisotopic (exact) mass is 344 g/mol. The van der Waals surface area contributed by atoms with Gasteiger partial charge >= 0.3 is 0 Å². The molecular weight excluding hydrogens is 324 g/mol. The molecule has 1 aromatic carbocycles. The zero-order chi connectivity index (χ0) is 17.1. The average molecular weight is 344 g/mol. The van der Waals surface area contributed by atoms with E-state index in [1.165, 1.54) is 0 Å². The molecule has 1 atom stereocenters. The summed E-state index contributed by atoms with van der Waals surface area (Å²) in [7, 11) is 0. The number of anilines is 1. The minimum absolute atomic E-state index is 0.0931. The predicted molar refractivity (Wildman–Crippen MR) is 94.7 cm³/mol. The highest BCUT2D eigenvalue weighted by Crippen LogP contribution is 2.24. The Hall–Kier alpha value is -2.28. The van der Waals surface area contributed by atoms with Gasteiger partial charge in [-0.2, -0.15) is 5.10 Å². The van der Waals surface area contributed by atoms with Crippen molar-refractivity contribution in [2.75, 3.05) is 16.9 Å². The van der Waals surface area contributed by atoms with E-state index in [1.54, 1.807) is 39.8 Å². The van der Waals surface area contributed by atoms with Gasteiger partial charge in [-0.25, -0.2) is 0 Å². The topological polar surface area (TPSA) is 67.2 Å². The second-order valence-corrected chi connectivity index (χ2v) is 6.89. The number of nitrogens with one attached hydrogen (secondary N) is 1. The van der Waals surface area contributed by atoms with Crippen LogP contribution in [0.2, 0.25) is 0 Å². The third kappa shape index (κ3) is 3.62. The molecular formula is C17H20N4O2S. The lowest BCUT2D eigenvalue weighted by Crippen LogP contribution is -2.45. The van der Waals surface area contributed by atoms with Crippen LogP contribution in [0.25, 0.3) is 0 Å². The van der Waals surface area contributed by atoms with E-state index in [9.17, 15) is 9.59 Å². The van der Waals surface area contributed by atoms with Crippen molar-refractivity contribution in [1.29, 1.82) is 0 Å². The fourth-order valence-corrected chi connectivity index (χ4v) is 3.88. The van der Waals surface area contributed by atoms with Crippen molar-refractivity contribution in [1.82, 2.24) is 14.7 Å². The fraction of sp³-hybridized carbons (Fsp3) is 0.353. The number of amides is 2. The van der Waals surface area contributed by atoms with E-state index >= 15 is 0 Å². The van der Waals surface area contributed by atoms with Crippen LogP contribution in [0.4, 0.5) is 5.69 Å². The molecule has 0 spiro atoms. The van der Waals surface area contributed by atoms with Gasteiger partial charge in [0.1, 0.15) is 12.6 Å². The van der Waals surface area contributed by atoms with E-state index in [-0.39, 0.29) is 18.4 Å². The molecule has 1 N–H and O–H groups in total. The van der Waals surface area contributed by atoms with Crippen LogP contribution >= 0.6 is 11.8 Å². The van der Waals surface area contributed by atoms with Gasteiger partial charge in [-0.3, -0.25) is 14.3 Å². The largest absolute Gasteiger partial charge is 0.324 e. The number of carbonyl (C=O) groups excluding carboxylic acids is 2. The summed E-state index contributed by atoms with van der Waals surface area (Å²) in [6.07, 6.45) is 3.38. The van der Waals surface area contributed by atoms with Crippen molar-refractivity contribution >= 4 is 29.3 Å². The standard InChI is InChI=1S/C17H20N4O2S/c1-12-4-5-14(13(2)8-12)19-17(23)15-10-24-11-21(15)16(22)9-20-7-3-6-18-20/h3-8,15H,9-11H2,1-2H3,(H,19,23)/t15-/m1/s1. The maximum Gasteiger partial charge on any atom is 0.248 e. The molecule has 126 valence electrons. The van der Waals surface area contributed by atoms with Gasteiger partial charge in [-0.1, -0.05) is 17.7 Å². The van der Waals surface area contributed by atoms with Crippen molar-refractivity contribution in [3.05, 3.63) is 47.8 Å². The molecule has 2 aromatic rings. The van der Waals surface area contributed by atoms with Gasteiger partial charge in [0, 0.05) is 23.8 Å². The fourth-order valence-electron chi connectivity index (χ4n) is 2.70. The first-order valence-electron chi connectivity index (χ1n) is 7.77. The van der Waals surface area contributed by atoms with E-state index in [4.69, 9.17) is 0 Å². The van der Waals surface area contributed by atoms with E-state index in [1.807, 2.05) is 32.0 Å². The lowest BCUT2D eigenvalue weighted by Gasteiger charge is -2.23. The molecule has 0 bridgehead atoms. The van der Waals surface area contributed by atoms with Gasteiger partial charge in [-0.05, 0) is 31.5 Å². The van der Waals surface area contributed by atoms with Gasteiger partial charge in [0.25, 0.3) is 0 Å². The van der Waals surface area contributed by atoms with Crippen molar-refractivity contribution < 1.29 is 9.59 Å². The van der Waals surface area contributed by atoms with Crippen LogP contribution in [-0.4, -0.2) is 44.2 Å². The zero-order valence-electron chi connectivity index (χ0n) is 13.7. The van der Waals surface area contributed by atoms with E-state index < -0.39 is 6.04 Å². The number of hydrogen-bond donors (Lipinski definition) is 1. The smallest absolute Gasteiger partial charge is 0.248 e. The number of rotatable bonds is 4. The van der Waals surface area contributed by atoms with Crippen molar-refractivity contribution in [2.24, 2.45) is 0 Å². The Bertz CT molecular complexity index is 745. The maximum absolute atomic E-state index is 12.6. The van der Waals surface area contributed by atoms with Crippen molar-refractivity contribution in [3.63, 3.8) is 0 Å². The SMILES string of the molecule is Cc1ccc(NC(=O)[C@H]2CSCN2C(=O)Cn2cccn2)c(C)c1. The number of thioether (sulfide) groups is 1. The van der Waals surface area contributed by atoms with Gasteiger partial charge in [0.05, 0.1) is 5.88 Å². The van der Waals surface area contributed by atoms with Crippen molar-refractivity contribution in [2.45, 2.75) is 26.4 Å². The highest BCUT2D eigenvalue weighted by Gasteiger charge is 2.34. The highest BCUT2D eigenvalue weighted by molar-refractivity contribution is 7.99. The summed E-state index contributed by atoms with van der Waals surface area (Å²) in [5.41, 5.74) is 2.96. The van der Waals surface area contributed by atoms with Crippen LogP contribution in [0.5, 0.6) is 0 Å². The molecule has 2 heterocycles. The summed E-state index contributed by atoms with van der Waals surface area (Å²) < 4.78 is 1.57. The third-order valence-corrected chi connectivity index (χ3v) is 5.01. The Kier molecular flexibility index (Phi) is 4.89. The van der Waals surface area contributed by atoms with Crippen LogP contribution in [0.15, 0.2) is 36.7 Å². The second kappa shape index (κ2) is 7.09. The first-order chi connectivity index (χ1) is 11.5. The lowest BCUT2D eigenvalue weighted by atomic mass is 10.1. The summed E-state index contributed by atoms with van der Waals surface area (Å²) in [6, 6.07) is 7.22. The molecule has 24 heavy (non-hydrogen) atoms. The number of carbonyl (C=O) groups is 2. The molecule has 1 aliphatic rings. The first kappa shape index (κ1) is 16.6. The molecule has 1 saturated heterocycles. The molecule has 1 aromatic heterocycles. The normalized spacial score (nSPS) is 17.1. The number of aromatic nitrogens is 2. The van der Waals surface area contributed by atoms with E-state index in [2.05, 4.69) is 10.4 Å². The Morgan fingerprint density at radius 3 is 2.92 bits per heavy atom. The minimum atomic E-state index is -0.446. The zero-order valence-corrected chi connectivity index (χ0v) is 14.5. The highest BCUT2D eigenvalue weighted by atomic mass is 32.2. The molecule has 7 heteroatoms. The quantitative estimate of drug-likeness (QED) is 0.922. The molecule has 6 nitrogen and oxygen atoms in total. The van der Waals surface area contributed by atoms with E-state index in [0.717, 1.165) is 16.8 Å². The summed E-state index contributed by atoms with van der Waals surface area (Å²) in [5.74, 6) is 0.914. The molecule has 2 amide bonds. The molecule has 1 fully saturated rings. The molecule has 0 unspecified atom stereocenters. The lowest BCUT2D eigenvalue weighted by molar-refractivity contribution is -0.136. The maximum atomic E-state index is 12.6. The van der Waals surface area contributed by atoms with Crippen LogP contribution in [0.1, 0.15) is 11.1 Å². The van der Waals surface area contributed by atoms with E-state index in [0.29, 0.717) is 11.6 Å². The summed E-state index contributed by atoms with van der Waals surface area (Å²) in [4.78, 5) is 26.7. The molecule has 3 rings (SSSR count). The van der Waals surface area contributed by atoms with Gasteiger partial charge in [-0.15, -0.1) is 11.8 Å². The Labute approximate surface area is 145 Å². The molecule has 0 aliphatic carbocycles. The Morgan fingerprint density at radius 1 is 1.38 bits per heavy atom. The molecule has 1 aliphatic heterocycles. The number of aryl methyl sites for hydroxylation is 2. The third-order valence-electron chi connectivity index (χ3n) is 4.00. The summed E-state index contributed by atoms with van der Waals surface area (Å²) in [6.45, 7) is 4.13. The van der Waals surface area contributed by atoms with Crippen LogP contribution in [0, 0.1) is 13.8 Å².